The molecule has 0 bridgehead atoms. The minimum absolute atomic E-state index is 0.0128. The van der Waals surface area contributed by atoms with Gasteiger partial charge in [0.05, 0.1) is 0 Å². The number of hydrogen-bond donors (Lipinski definition) is 1. The van der Waals surface area contributed by atoms with Crippen molar-refractivity contribution in [2.75, 3.05) is 32.4 Å². The fourth-order valence-corrected chi connectivity index (χ4v) is 3.58. The molecule has 0 saturated carbocycles. The second-order valence-electron chi connectivity index (χ2n) is 5.13. The van der Waals surface area contributed by atoms with E-state index in [-0.39, 0.29) is 15.8 Å². The van der Waals surface area contributed by atoms with Gasteiger partial charge < -0.3 is 5.73 Å². The van der Waals surface area contributed by atoms with Crippen LogP contribution in [0.1, 0.15) is 36.3 Å². The molecule has 0 heterocycles. The lowest BCUT2D eigenvalue weighted by molar-refractivity contribution is 0.988. The molecule has 2 N–H and O–H groups in total. The Morgan fingerprint density at radius 3 is 1.94 bits per heavy atom. The molecule has 3 heteroatoms. The molecular formula is C14H25NP2. The smallest absolute Gasteiger partial charge is 0.0355 e. The molecule has 0 radical (unpaired) electrons. The maximum Gasteiger partial charge on any atom is 0.0355 e. The van der Waals surface area contributed by atoms with Gasteiger partial charge in [0.15, 0.2) is 0 Å². The molecule has 0 aliphatic heterocycles. The van der Waals surface area contributed by atoms with Gasteiger partial charge in [-0.25, -0.2) is 0 Å². The molecular weight excluding hydrogens is 244 g/mol. The maximum absolute atomic E-state index is 6.22. The van der Waals surface area contributed by atoms with Gasteiger partial charge in [-0.2, -0.15) is 0 Å². The standard InChI is InChI=1S/C14H25NP2/c1-10(16(3)4)12-8-7-9-13(15)14(12)11(2)17(5)6/h7-11H,15H2,1-6H3. The average Bonchev–Trinajstić information content (AvgIpc) is 2.26. The summed E-state index contributed by atoms with van der Waals surface area (Å²) in [4.78, 5) is 0. The second kappa shape index (κ2) is 6.17. The molecule has 1 nitrogen and oxygen atoms in total. The van der Waals surface area contributed by atoms with E-state index in [1.807, 2.05) is 0 Å². The fraction of sp³-hybridized carbons (Fsp3) is 0.571. The van der Waals surface area contributed by atoms with Crippen LogP contribution in [0.25, 0.3) is 0 Å². The van der Waals surface area contributed by atoms with Gasteiger partial charge in [0.1, 0.15) is 0 Å². The quantitative estimate of drug-likeness (QED) is 0.612. The minimum Gasteiger partial charge on any atom is -0.398 e. The van der Waals surface area contributed by atoms with Crippen LogP contribution in [-0.2, 0) is 0 Å². The highest BCUT2D eigenvalue weighted by Crippen LogP contribution is 2.52. The zero-order chi connectivity index (χ0) is 13.2. The van der Waals surface area contributed by atoms with Crippen molar-refractivity contribution in [2.45, 2.75) is 25.2 Å². The monoisotopic (exact) mass is 269 g/mol. The van der Waals surface area contributed by atoms with E-state index in [0.29, 0.717) is 11.3 Å². The van der Waals surface area contributed by atoms with E-state index in [4.69, 9.17) is 5.73 Å². The molecule has 0 aliphatic rings. The normalized spacial score (nSPS) is 15.3. The summed E-state index contributed by atoms with van der Waals surface area (Å²) in [6.45, 7) is 14.0. The van der Waals surface area contributed by atoms with Crippen molar-refractivity contribution in [3.8, 4) is 0 Å². The van der Waals surface area contributed by atoms with Crippen LogP contribution in [0, 0.1) is 0 Å². The summed E-state index contributed by atoms with van der Waals surface area (Å²) < 4.78 is 0. The molecule has 0 amide bonds. The predicted molar refractivity (Wildman–Crippen MR) is 85.2 cm³/mol. The van der Waals surface area contributed by atoms with Crippen LogP contribution < -0.4 is 5.73 Å². The second-order valence-corrected chi connectivity index (χ2v) is 10.5. The predicted octanol–water partition coefficient (Wildman–Crippen LogP) is 4.87. The molecule has 17 heavy (non-hydrogen) atoms. The number of nitrogens with two attached hydrogens (primary N) is 1. The van der Waals surface area contributed by atoms with E-state index in [2.05, 4.69) is 58.7 Å². The van der Waals surface area contributed by atoms with Gasteiger partial charge in [-0.05, 0) is 43.9 Å². The molecule has 2 atom stereocenters. The third-order valence-electron chi connectivity index (χ3n) is 3.59. The first-order valence-electron chi connectivity index (χ1n) is 6.07. The van der Waals surface area contributed by atoms with Crippen LogP contribution in [0.3, 0.4) is 0 Å². The van der Waals surface area contributed by atoms with Gasteiger partial charge in [-0.3, -0.25) is 0 Å². The van der Waals surface area contributed by atoms with Crippen LogP contribution in [0.5, 0.6) is 0 Å². The summed E-state index contributed by atoms with van der Waals surface area (Å²) in [7, 11) is 0.0538. The Balaban J connectivity index is 3.26. The fourth-order valence-electron chi connectivity index (χ4n) is 1.98. The first kappa shape index (κ1) is 14.9. The van der Waals surface area contributed by atoms with E-state index < -0.39 is 0 Å². The van der Waals surface area contributed by atoms with Gasteiger partial charge >= 0.3 is 0 Å². The molecule has 0 spiro atoms. The Labute approximate surface area is 109 Å². The van der Waals surface area contributed by atoms with Crippen molar-refractivity contribution in [2.24, 2.45) is 0 Å². The first-order valence-corrected chi connectivity index (χ1v) is 10.7. The van der Waals surface area contributed by atoms with E-state index >= 15 is 0 Å². The summed E-state index contributed by atoms with van der Waals surface area (Å²) in [5, 5.41) is 0. The van der Waals surface area contributed by atoms with E-state index in [1.165, 1.54) is 11.1 Å². The largest absolute Gasteiger partial charge is 0.398 e. The summed E-state index contributed by atoms with van der Waals surface area (Å²) in [5.74, 6) is 0. The molecule has 0 aromatic heterocycles. The topological polar surface area (TPSA) is 26.0 Å². The van der Waals surface area contributed by atoms with Crippen molar-refractivity contribution in [3.63, 3.8) is 0 Å². The van der Waals surface area contributed by atoms with Gasteiger partial charge in [0.2, 0.25) is 0 Å². The van der Waals surface area contributed by atoms with Crippen molar-refractivity contribution >= 4 is 21.5 Å². The van der Waals surface area contributed by atoms with Crippen molar-refractivity contribution in [3.05, 3.63) is 29.3 Å². The molecule has 0 fully saturated rings. The Kier molecular flexibility index (Phi) is 5.42. The number of benzene rings is 1. The van der Waals surface area contributed by atoms with Gasteiger partial charge in [-0.15, -0.1) is 15.8 Å². The molecule has 2 unspecified atom stereocenters. The third-order valence-corrected chi connectivity index (χ3v) is 7.23. The zero-order valence-corrected chi connectivity index (χ0v) is 13.6. The van der Waals surface area contributed by atoms with Crippen LogP contribution in [-0.4, -0.2) is 26.7 Å². The molecule has 96 valence electrons. The van der Waals surface area contributed by atoms with Gasteiger partial charge in [0, 0.05) is 17.0 Å². The molecule has 0 saturated heterocycles. The highest BCUT2D eigenvalue weighted by molar-refractivity contribution is 7.56. The highest BCUT2D eigenvalue weighted by Gasteiger charge is 2.21. The van der Waals surface area contributed by atoms with Gasteiger partial charge in [0.25, 0.3) is 0 Å². The summed E-state index contributed by atoms with van der Waals surface area (Å²) in [6, 6.07) is 6.42. The van der Waals surface area contributed by atoms with Crippen LogP contribution in [0.4, 0.5) is 5.69 Å². The number of nitrogen functional groups attached to an aromatic ring is 1. The Morgan fingerprint density at radius 2 is 1.47 bits per heavy atom. The Hall–Kier alpha value is -0.120. The Morgan fingerprint density at radius 1 is 0.941 bits per heavy atom. The summed E-state index contributed by atoms with van der Waals surface area (Å²) in [5.41, 5.74) is 11.3. The zero-order valence-electron chi connectivity index (χ0n) is 11.9. The van der Waals surface area contributed by atoms with Crippen LogP contribution in [0.2, 0.25) is 0 Å². The lowest BCUT2D eigenvalue weighted by Gasteiger charge is -2.27. The lowest BCUT2D eigenvalue weighted by atomic mass is 10.0. The number of rotatable bonds is 4. The lowest BCUT2D eigenvalue weighted by Crippen LogP contribution is -2.05. The van der Waals surface area contributed by atoms with Crippen molar-refractivity contribution in [1.29, 1.82) is 0 Å². The van der Waals surface area contributed by atoms with E-state index in [9.17, 15) is 0 Å². The molecule has 1 rings (SSSR count). The van der Waals surface area contributed by atoms with Crippen LogP contribution >= 0.6 is 15.8 Å². The molecule has 1 aromatic rings. The average molecular weight is 269 g/mol. The van der Waals surface area contributed by atoms with Crippen LogP contribution in [0.15, 0.2) is 18.2 Å². The highest BCUT2D eigenvalue weighted by atomic mass is 31.1. The number of hydrogen-bond acceptors (Lipinski definition) is 1. The summed E-state index contributed by atoms with van der Waals surface area (Å²) >= 11 is 0. The minimum atomic E-state index is 0.0128. The SMILES string of the molecule is CC(c1cccc(N)c1C(C)P(C)C)P(C)C. The molecule has 0 aliphatic carbocycles. The van der Waals surface area contributed by atoms with E-state index in [0.717, 1.165) is 5.69 Å². The molecule has 1 aromatic carbocycles. The Bertz CT molecular complexity index is 374. The van der Waals surface area contributed by atoms with Crippen molar-refractivity contribution < 1.29 is 0 Å². The third kappa shape index (κ3) is 3.43. The van der Waals surface area contributed by atoms with E-state index in [1.54, 1.807) is 0 Å². The summed E-state index contributed by atoms with van der Waals surface area (Å²) in [6.07, 6.45) is 0. The maximum atomic E-state index is 6.22. The first-order chi connectivity index (χ1) is 7.86. The van der Waals surface area contributed by atoms with Crippen molar-refractivity contribution in [1.82, 2.24) is 0 Å². The van der Waals surface area contributed by atoms with Gasteiger partial charge in [-0.1, -0.05) is 26.0 Å². The number of anilines is 1.